The third-order valence-corrected chi connectivity index (χ3v) is 4.00. The van der Waals surface area contributed by atoms with Gasteiger partial charge in [-0.25, -0.2) is 0 Å². The Balaban J connectivity index is 2.09. The molecule has 2 aromatic rings. The topological polar surface area (TPSA) is 45.2 Å². The van der Waals surface area contributed by atoms with Crippen molar-refractivity contribution >= 4 is 0 Å². The maximum Gasteiger partial charge on any atom is 0.416 e. The van der Waals surface area contributed by atoms with Crippen molar-refractivity contribution in [3.63, 3.8) is 0 Å². The van der Waals surface area contributed by atoms with Crippen LogP contribution in [-0.4, -0.2) is 16.1 Å². The number of aromatic nitrogens is 1. The number of benzene rings is 1. The molecular weight excluding hydrogens is 317 g/mol. The van der Waals surface area contributed by atoms with Crippen LogP contribution in [0.15, 0.2) is 48.7 Å². The van der Waals surface area contributed by atoms with Crippen molar-refractivity contribution in [1.82, 2.24) is 10.3 Å². The normalized spacial score (nSPS) is 15.8. The molecule has 0 aliphatic carbocycles. The number of nitrogens with one attached hydrogen (secondary N) is 1. The van der Waals surface area contributed by atoms with E-state index in [2.05, 4.69) is 10.3 Å². The van der Waals surface area contributed by atoms with Gasteiger partial charge >= 0.3 is 6.18 Å². The van der Waals surface area contributed by atoms with E-state index in [0.29, 0.717) is 12.0 Å². The summed E-state index contributed by atoms with van der Waals surface area (Å²) in [5.74, 6) is 0. The first kappa shape index (κ1) is 18.4. The molecule has 3 unspecified atom stereocenters. The van der Waals surface area contributed by atoms with Crippen LogP contribution in [0.25, 0.3) is 0 Å². The van der Waals surface area contributed by atoms with E-state index in [9.17, 15) is 18.3 Å². The minimum absolute atomic E-state index is 0.0831. The highest BCUT2D eigenvalue weighted by Crippen LogP contribution is 2.30. The average Bonchev–Trinajstić information content (AvgIpc) is 2.59. The van der Waals surface area contributed by atoms with Crippen molar-refractivity contribution in [3.05, 3.63) is 65.5 Å². The molecule has 0 bridgehead atoms. The van der Waals surface area contributed by atoms with Gasteiger partial charge in [-0.1, -0.05) is 25.1 Å². The fraction of sp³-hybridized carbons (Fsp3) is 0.389. The second-order valence-electron chi connectivity index (χ2n) is 5.72. The molecular formula is C18H21F3N2O. The third kappa shape index (κ3) is 4.55. The largest absolute Gasteiger partial charge is 0.416 e. The molecule has 3 nitrogen and oxygen atoms in total. The Morgan fingerprint density at radius 1 is 1.12 bits per heavy atom. The minimum atomic E-state index is -4.38. The summed E-state index contributed by atoms with van der Waals surface area (Å²) in [4.78, 5) is 4.27. The molecule has 2 N–H and O–H groups in total. The smallest absolute Gasteiger partial charge is 0.387 e. The molecule has 0 aliphatic rings. The van der Waals surface area contributed by atoms with Crippen LogP contribution in [0.1, 0.15) is 49.2 Å². The summed E-state index contributed by atoms with van der Waals surface area (Å²) in [5, 5.41) is 13.8. The Hall–Kier alpha value is -1.92. The maximum atomic E-state index is 12.6. The quantitative estimate of drug-likeness (QED) is 0.827. The monoisotopic (exact) mass is 338 g/mol. The second-order valence-corrected chi connectivity index (χ2v) is 5.72. The first-order valence-electron chi connectivity index (χ1n) is 7.85. The lowest BCUT2D eigenvalue weighted by Crippen LogP contribution is -2.36. The molecule has 24 heavy (non-hydrogen) atoms. The zero-order chi connectivity index (χ0) is 17.7. The zero-order valence-electron chi connectivity index (χ0n) is 13.6. The summed E-state index contributed by atoms with van der Waals surface area (Å²) in [5.41, 5.74) is 0.576. The number of aliphatic hydroxyl groups excluding tert-OH is 1. The summed E-state index contributed by atoms with van der Waals surface area (Å²) in [6, 6.07) is 9.85. The lowest BCUT2D eigenvalue weighted by atomic mass is 9.98. The molecule has 2 rings (SSSR count). The first-order chi connectivity index (χ1) is 11.3. The Bertz CT molecular complexity index is 629. The highest BCUT2D eigenvalue weighted by molar-refractivity contribution is 5.27. The van der Waals surface area contributed by atoms with E-state index < -0.39 is 17.8 Å². The Morgan fingerprint density at radius 2 is 1.79 bits per heavy atom. The fourth-order valence-electron chi connectivity index (χ4n) is 2.57. The highest BCUT2D eigenvalue weighted by Gasteiger charge is 2.30. The van der Waals surface area contributed by atoms with Crippen LogP contribution in [0.2, 0.25) is 0 Å². The zero-order valence-corrected chi connectivity index (χ0v) is 13.6. The minimum Gasteiger partial charge on any atom is -0.387 e. The predicted octanol–water partition coefficient (Wildman–Crippen LogP) is 4.26. The third-order valence-electron chi connectivity index (χ3n) is 4.00. The van der Waals surface area contributed by atoms with Crippen molar-refractivity contribution in [1.29, 1.82) is 0 Å². The molecule has 0 saturated carbocycles. The van der Waals surface area contributed by atoms with E-state index in [4.69, 9.17) is 0 Å². The number of aliphatic hydroxyl groups is 1. The molecule has 0 radical (unpaired) electrons. The van der Waals surface area contributed by atoms with Crippen LogP contribution in [0, 0.1) is 0 Å². The van der Waals surface area contributed by atoms with Crippen molar-refractivity contribution in [2.45, 2.75) is 44.6 Å². The van der Waals surface area contributed by atoms with Gasteiger partial charge in [0, 0.05) is 18.3 Å². The van der Waals surface area contributed by atoms with E-state index in [1.807, 2.05) is 32.0 Å². The lowest BCUT2D eigenvalue weighted by molar-refractivity contribution is -0.137. The summed E-state index contributed by atoms with van der Waals surface area (Å²) < 4.78 is 37.9. The first-order valence-corrected chi connectivity index (χ1v) is 7.85. The molecule has 1 aromatic carbocycles. The summed E-state index contributed by atoms with van der Waals surface area (Å²) in [6.07, 6.45) is -2.96. The molecule has 0 aliphatic heterocycles. The van der Waals surface area contributed by atoms with Crippen LogP contribution in [0.4, 0.5) is 13.2 Å². The molecule has 0 spiro atoms. The van der Waals surface area contributed by atoms with Crippen molar-refractivity contribution in [3.8, 4) is 0 Å². The molecule has 0 amide bonds. The van der Waals surface area contributed by atoms with E-state index in [1.54, 1.807) is 6.20 Å². The molecule has 6 heteroatoms. The number of alkyl halides is 3. The van der Waals surface area contributed by atoms with Gasteiger partial charge in [0.1, 0.15) is 0 Å². The lowest BCUT2D eigenvalue weighted by Gasteiger charge is -2.27. The summed E-state index contributed by atoms with van der Waals surface area (Å²) >= 11 is 0. The van der Waals surface area contributed by atoms with E-state index in [1.165, 1.54) is 12.1 Å². The van der Waals surface area contributed by atoms with Gasteiger partial charge in [-0.05, 0) is 43.2 Å². The van der Waals surface area contributed by atoms with Gasteiger partial charge in [0.15, 0.2) is 0 Å². The second kappa shape index (κ2) is 7.77. The molecule has 1 aromatic heterocycles. The van der Waals surface area contributed by atoms with Crippen molar-refractivity contribution in [2.24, 2.45) is 0 Å². The van der Waals surface area contributed by atoms with E-state index >= 15 is 0 Å². The molecule has 0 saturated heterocycles. The van der Waals surface area contributed by atoms with Gasteiger partial charge in [-0.15, -0.1) is 0 Å². The molecule has 0 fully saturated rings. The number of hydrogen-bond acceptors (Lipinski definition) is 3. The standard InChI is InChI=1S/C18H21F3N2O/c1-3-15(23-12(2)16-6-4-5-11-22-16)17(24)13-7-9-14(10-8-13)18(19,20)21/h4-12,15,17,23-24H,3H2,1-2H3. The Morgan fingerprint density at radius 3 is 2.29 bits per heavy atom. The molecule has 1 heterocycles. The van der Waals surface area contributed by atoms with Crippen LogP contribution in [0.5, 0.6) is 0 Å². The van der Waals surface area contributed by atoms with E-state index in [0.717, 1.165) is 17.8 Å². The Labute approximate surface area is 139 Å². The average molecular weight is 338 g/mol. The van der Waals surface area contributed by atoms with Gasteiger partial charge in [0.05, 0.1) is 17.4 Å². The predicted molar refractivity (Wildman–Crippen MR) is 86.3 cm³/mol. The van der Waals surface area contributed by atoms with Gasteiger partial charge in [-0.2, -0.15) is 13.2 Å². The number of pyridine rings is 1. The number of rotatable bonds is 6. The summed E-state index contributed by atoms with van der Waals surface area (Å²) in [6.45, 7) is 3.85. The highest BCUT2D eigenvalue weighted by atomic mass is 19.4. The van der Waals surface area contributed by atoms with Crippen LogP contribution in [0.3, 0.4) is 0 Å². The van der Waals surface area contributed by atoms with Crippen LogP contribution < -0.4 is 5.32 Å². The van der Waals surface area contributed by atoms with Gasteiger partial charge in [-0.3, -0.25) is 4.98 Å². The molecule has 130 valence electrons. The van der Waals surface area contributed by atoms with Gasteiger partial charge < -0.3 is 10.4 Å². The Kier molecular flexibility index (Phi) is 5.96. The maximum absolute atomic E-state index is 12.6. The van der Waals surface area contributed by atoms with Crippen molar-refractivity contribution < 1.29 is 18.3 Å². The van der Waals surface area contributed by atoms with Crippen LogP contribution in [-0.2, 0) is 6.18 Å². The number of nitrogens with zero attached hydrogens (tertiary/aromatic N) is 1. The van der Waals surface area contributed by atoms with E-state index in [-0.39, 0.29) is 12.1 Å². The van der Waals surface area contributed by atoms with Gasteiger partial charge in [0.25, 0.3) is 0 Å². The SMILES string of the molecule is CCC(NC(C)c1ccccn1)C(O)c1ccc(C(F)(F)F)cc1. The molecule has 3 atom stereocenters. The van der Waals surface area contributed by atoms with Gasteiger partial charge in [0.2, 0.25) is 0 Å². The number of halogens is 3. The number of hydrogen-bond donors (Lipinski definition) is 2. The summed E-state index contributed by atoms with van der Waals surface area (Å²) in [7, 11) is 0. The fourth-order valence-corrected chi connectivity index (χ4v) is 2.57. The van der Waals surface area contributed by atoms with Crippen LogP contribution >= 0.6 is 0 Å². The van der Waals surface area contributed by atoms with Crippen molar-refractivity contribution in [2.75, 3.05) is 0 Å².